The van der Waals surface area contributed by atoms with Crippen molar-refractivity contribution in [2.24, 2.45) is 5.73 Å². The summed E-state index contributed by atoms with van der Waals surface area (Å²) >= 11 is 0. The summed E-state index contributed by atoms with van der Waals surface area (Å²) in [6.45, 7) is 1.41. The normalized spacial score (nSPS) is 10.4. The lowest BCUT2D eigenvalue weighted by Gasteiger charge is -2.06. The molecule has 0 saturated heterocycles. The van der Waals surface area contributed by atoms with Crippen LogP contribution in [0.25, 0.3) is 0 Å². The molecule has 0 radical (unpaired) electrons. The fourth-order valence-corrected chi connectivity index (χ4v) is 1.21. The van der Waals surface area contributed by atoms with Crippen molar-refractivity contribution in [2.75, 3.05) is 19.8 Å². The number of aliphatic hydroxyl groups excluding tert-OH is 1. The zero-order valence-corrected chi connectivity index (χ0v) is 9.13. The fraction of sp³-hybridized carbons (Fsp3) is 0.600. The Bertz CT molecular complexity index is 365. The van der Waals surface area contributed by atoms with Crippen LogP contribution >= 0.6 is 0 Å². The van der Waals surface area contributed by atoms with Gasteiger partial charge in [0.25, 0.3) is 5.56 Å². The number of unbranched alkanes of at least 4 members (excludes halogenated alkanes) is 1. The van der Waals surface area contributed by atoms with Crippen molar-refractivity contribution in [1.82, 2.24) is 9.78 Å². The second kappa shape index (κ2) is 6.97. The molecule has 90 valence electrons. The zero-order valence-electron chi connectivity index (χ0n) is 9.13. The number of aromatic nitrogens is 2. The van der Waals surface area contributed by atoms with Crippen LogP contribution in [0.4, 0.5) is 0 Å². The van der Waals surface area contributed by atoms with Gasteiger partial charge in [0.15, 0.2) is 0 Å². The Morgan fingerprint density at radius 3 is 2.94 bits per heavy atom. The molecule has 0 amide bonds. The summed E-state index contributed by atoms with van der Waals surface area (Å²) < 4.78 is 6.53. The van der Waals surface area contributed by atoms with E-state index in [0.29, 0.717) is 31.9 Å². The lowest BCUT2D eigenvalue weighted by molar-refractivity contribution is 0.279. The van der Waals surface area contributed by atoms with E-state index in [0.717, 1.165) is 6.42 Å². The van der Waals surface area contributed by atoms with E-state index in [1.807, 2.05) is 0 Å². The molecule has 0 spiro atoms. The Morgan fingerprint density at radius 1 is 1.50 bits per heavy atom. The molecule has 1 rings (SSSR count). The summed E-state index contributed by atoms with van der Waals surface area (Å²) in [5.74, 6) is 0.439. The standard InChI is InChI=1S/C10H17N3O3/c11-3-6-16-9-7-10(15)13(12-8-9)4-1-2-5-14/h7-8,14H,1-6,11H2. The van der Waals surface area contributed by atoms with Crippen LogP contribution in [0.2, 0.25) is 0 Å². The second-order valence-corrected chi connectivity index (χ2v) is 3.32. The van der Waals surface area contributed by atoms with Gasteiger partial charge >= 0.3 is 0 Å². The summed E-state index contributed by atoms with van der Waals surface area (Å²) in [5.41, 5.74) is 5.07. The average molecular weight is 227 g/mol. The molecule has 0 aliphatic carbocycles. The Morgan fingerprint density at radius 2 is 2.31 bits per heavy atom. The first kappa shape index (κ1) is 12.7. The van der Waals surface area contributed by atoms with Gasteiger partial charge in [-0.3, -0.25) is 4.79 Å². The highest BCUT2D eigenvalue weighted by molar-refractivity contribution is 5.13. The molecule has 0 fully saturated rings. The van der Waals surface area contributed by atoms with Gasteiger partial charge in [-0.2, -0.15) is 5.10 Å². The SMILES string of the molecule is NCCOc1cnn(CCCCO)c(=O)c1. The first-order chi connectivity index (χ1) is 7.77. The van der Waals surface area contributed by atoms with Crippen LogP contribution in [0, 0.1) is 0 Å². The number of nitrogens with two attached hydrogens (primary N) is 1. The molecule has 0 aromatic carbocycles. The Kier molecular flexibility index (Phi) is 5.52. The van der Waals surface area contributed by atoms with Crippen LogP contribution in [0.15, 0.2) is 17.1 Å². The van der Waals surface area contributed by atoms with Gasteiger partial charge in [-0.1, -0.05) is 0 Å². The molecule has 0 aliphatic heterocycles. The van der Waals surface area contributed by atoms with Gasteiger partial charge in [-0.25, -0.2) is 4.68 Å². The predicted octanol–water partition coefficient (Wildman–Crippen LogP) is -0.647. The summed E-state index contributed by atoms with van der Waals surface area (Å²) in [4.78, 5) is 11.5. The van der Waals surface area contributed by atoms with Gasteiger partial charge in [0.05, 0.1) is 6.20 Å². The lowest BCUT2D eigenvalue weighted by atomic mass is 10.3. The average Bonchev–Trinajstić information content (AvgIpc) is 2.29. The van der Waals surface area contributed by atoms with Crippen LogP contribution in [0.1, 0.15) is 12.8 Å². The molecule has 1 aromatic heterocycles. The minimum absolute atomic E-state index is 0.131. The van der Waals surface area contributed by atoms with E-state index in [2.05, 4.69) is 5.10 Å². The molecule has 0 bridgehead atoms. The molecule has 0 aliphatic rings. The van der Waals surface area contributed by atoms with Gasteiger partial charge in [0.1, 0.15) is 12.4 Å². The third-order valence-corrected chi connectivity index (χ3v) is 2.01. The van der Waals surface area contributed by atoms with Gasteiger partial charge < -0.3 is 15.6 Å². The minimum Gasteiger partial charge on any atom is -0.490 e. The maximum atomic E-state index is 11.5. The molecule has 16 heavy (non-hydrogen) atoms. The summed E-state index contributed by atoms with van der Waals surface area (Å²) in [7, 11) is 0. The predicted molar refractivity (Wildman–Crippen MR) is 59.4 cm³/mol. The molecule has 6 nitrogen and oxygen atoms in total. The Labute approximate surface area is 93.6 Å². The second-order valence-electron chi connectivity index (χ2n) is 3.32. The van der Waals surface area contributed by atoms with E-state index in [4.69, 9.17) is 15.6 Å². The third-order valence-electron chi connectivity index (χ3n) is 2.01. The number of hydrogen-bond acceptors (Lipinski definition) is 5. The molecular weight excluding hydrogens is 210 g/mol. The Hall–Kier alpha value is -1.40. The first-order valence-electron chi connectivity index (χ1n) is 5.29. The molecule has 0 unspecified atom stereocenters. The lowest BCUT2D eigenvalue weighted by Crippen LogP contribution is -2.22. The smallest absolute Gasteiger partial charge is 0.270 e. The first-order valence-corrected chi connectivity index (χ1v) is 5.29. The van der Waals surface area contributed by atoms with Gasteiger partial charge in [0.2, 0.25) is 0 Å². The van der Waals surface area contributed by atoms with E-state index < -0.39 is 0 Å². The summed E-state index contributed by atoms with van der Waals surface area (Å²) in [6, 6.07) is 1.39. The number of rotatable bonds is 7. The van der Waals surface area contributed by atoms with Crippen LogP contribution in [-0.2, 0) is 6.54 Å². The van der Waals surface area contributed by atoms with Crippen LogP contribution in [0.3, 0.4) is 0 Å². The van der Waals surface area contributed by atoms with Gasteiger partial charge in [0, 0.05) is 25.8 Å². The highest BCUT2D eigenvalue weighted by atomic mass is 16.5. The van der Waals surface area contributed by atoms with E-state index in [1.165, 1.54) is 16.9 Å². The minimum atomic E-state index is -0.201. The van der Waals surface area contributed by atoms with Crippen molar-refractivity contribution >= 4 is 0 Å². The zero-order chi connectivity index (χ0) is 11.8. The maximum Gasteiger partial charge on any atom is 0.270 e. The quantitative estimate of drug-likeness (QED) is 0.604. The number of aryl methyl sites for hydroxylation is 1. The molecule has 3 N–H and O–H groups in total. The van der Waals surface area contributed by atoms with Crippen molar-refractivity contribution in [3.63, 3.8) is 0 Å². The molecule has 1 aromatic rings. The number of ether oxygens (including phenoxy) is 1. The van der Waals surface area contributed by atoms with E-state index in [9.17, 15) is 4.79 Å². The molecule has 0 saturated carbocycles. The Balaban J connectivity index is 2.57. The van der Waals surface area contributed by atoms with Crippen molar-refractivity contribution in [3.05, 3.63) is 22.6 Å². The highest BCUT2D eigenvalue weighted by Gasteiger charge is 2.00. The topological polar surface area (TPSA) is 90.4 Å². The van der Waals surface area contributed by atoms with Crippen LogP contribution in [0.5, 0.6) is 5.75 Å². The van der Waals surface area contributed by atoms with E-state index in [-0.39, 0.29) is 12.2 Å². The van der Waals surface area contributed by atoms with Crippen molar-refractivity contribution in [3.8, 4) is 5.75 Å². The van der Waals surface area contributed by atoms with Crippen molar-refractivity contribution < 1.29 is 9.84 Å². The molecule has 6 heteroatoms. The largest absolute Gasteiger partial charge is 0.490 e. The highest BCUT2D eigenvalue weighted by Crippen LogP contribution is 2.03. The fourth-order valence-electron chi connectivity index (χ4n) is 1.21. The number of hydrogen-bond donors (Lipinski definition) is 2. The van der Waals surface area contributed by atoms with Crippen molar-refractivity contribution in [2.45, 2.75) is 19.4 Å². The summed E-state index contributed by atoms with van der Waals surface area (Å²) in [6.07, 6.45) is 2.89. The maximum absolute atomic E-state index is 11.5. The number of nitrogens with zero attached hydrogens (tertiary/aromatic N) is 2. The third kappa shape index (κ3) is 4.00. The molecule has 1 heterocycles. The van der Waals surface area contributed by atoms with Gasteiger partial charge in [-0.15, -0.1) is 0 Å². The van der Waals surface area contributed by atoms with Crippen molar-refractivity contribution in [1.29, 1.82) is 0 Å². The molecule has 0 atom stereocenters. The van der Waals surface area contributed by atoms with Gasteiger partial charge in [-0.05, 0) is 12.8 Å². The van der Waals surface area contributed by atoms with E-state index in [1.54, 1.807) is 0 Å². The van der Waals surface area contributed by atoms with Crippen LogP contribution in [-0.4, -0.2) is 34.6 Å². The summed E-state index contributed by atoms with van der Waals surface area (Å²) in [5, 5.41) is 12.6. The number of aliphatic hydroxyl groups is 1. The van der Waals surface area contributed by atoms with E-state index >= 15 is 0 Å². The molecular formula is C10H17N3O3. The van der Waals surface area contributed by atoms with Crippen LogP contribution < -0.4 is 16.0 Å². The monoisotopic (exact) mass is 227 g/mol.